The van der Waals surface area contributed by atoms with Crippen molar-refractivity contribution in [3.05, 3.63) is 88.6 Å². The van der Waals surface area contributed by atoms with Crippen molar-refractivity contribution < 1.29 is 27.1 Å². The summed E-state index contributed by atoms with van der Waals surface area (Å²) in [6, 6.07) is 17.0. The monoisotopic (exact) mass is 647 g/mol. The normalized spacial score (nSPS) is 12.7. The SMILES string of the molecule is CCOc1ccc(S(=O)(=O)N(CC(=O)N(Cc2ccc(Br)cc2)[C@H](C)C(=O)N[C@H](C)CC)c2ccc(F)cc2)cc1. The van der Waals surface area contributed by atoms with Gasteiger partial charge in [-0.15, -0.1) is 0 Å². The lowest BCUT2D eigenvalue weighted by Crippen LogP contribution is -2.52. The van der Waals surface area contributed by atoms with E-state index >= 15 is 0 Å². The van der Waals surface area contributed by atoms with Crippen LogP contribution in [-0.2, 0) is 26.2 Å². The number of nitrogens with zero attached hydrogens (tertiary/aromatic N) is 2. The number of ether oxygens (including phenoxy) is 1. The van der Waals surface area contributed by atoms with Crippen molar-refractivity contribution >= 4 is 43.5 Å². The summed E-state index contributed by atoms with van der Waals surface area (Å²) in [6.45, 7) is 7.10. The molecule has 0 radical (unpaired) electrons. The molecule has 0 spiro atoms. The number of sulfonamides is 1. The van der Waals surface area contributed by atoms with Crippen molar-refractivity contribution in [2.24, 2.45) is 0 Å². The van der Waals surface area contributed by atoms with Crippen LogP contribution in [0, 0.1) is 5.82 Å². The van der Waals surface area contributed by atoms with E-state index in [1.807, 2.05) is 45.0 Å². The predicted molar refractivity (Wildman–Crippen MR) is 161 cm³/mol. The van der Waals surface area contributed by atoms with E-state index < -0.39 is 34.3 Å². The molecule has 0 heterocycles. The van der Waals surface area contributed by atoms with Crippen molar-refractivity contribution in [3.8, 4) is 5.75 Å². The Morgan fingerprint density at radius 1 is 0.951 bits per heavy atom. The summed E-state index contributed by atoms with van der Waals surface area (Å²) in [6.07, 6.45) is 0.706. The zero-order valence-corrected chi connectivity index (χ0v) is 25.9. The minimum atomic E-state index is -4.27. The Balaban J connectivity index is 2.01. The van der Waals surface area contributed by atoms with Crippen LogP contribution in [0.4, 0.5) is 10.1 Å². The second-order valence-electron chi connectivity index (χ2n) is 9.53. The van der Waals surface area contributed by atoms with Gasteiger partial charge >= 0.3 is 0 Å². The highest BCUT2D eigenvalue weighted by Crippen LogP contribution is 2.26. The highest BCUT2D eigenvalue weighted by molar-refractivity contribution is 9.10. The number of carbonyl (C=O) groups is 2. The first-order chi connectivity index (χ1) is 19.5. The van der Waals surface area contributed by atoms with Crippen LogP contribution < -0.4 is 14.4 Å². The summed E-state index contributed by atoms with van der Waals surface area (Å²) in [5, 5.41) is 2.90. The van der Waals surface area contributed by atoms with Crippen LogP contribution in [0.2, 0.25) is 0 Å². The molecule has 2 atom stereocenters. The topological polar surface area (TPSA) is 96.0 Å². The zero-order chi connectivity index (χ0) is 30.2. The molecule has 0 bridgehead atoms. The highest BCUT2D eigenvalue weighted by Gasteiger charge is 2.33. The Morgan fingerprint density at radius 2 is 1.56 bits per heavy atom. The maximum Gasteiger partial charge on any atom is 0.264 e. The summed E-state index contributed by atoms with van der Waals surface area (Å²) >= 11 is 3.40. The zero-order valence-electron chi connectivity index (χ0n) is 23.5. The molecule has 41 heavy (non-hydrogen) atoms. The largest absolute Gasteiger partial charge is 0.494 e. The van der Waals surface area contributed by atoms with Gasteiger partial charge in [0.2, 0.25) is 11.8 Å². The van der Waals surface area contributed by atoms with Gasteiger partial charge in [-0.1, -0.05) is 35.0 Å². The number of rotatable bonds is 13. The number of anilines is 1. The van der Waals surface area contributed by atoms with Crippen LogP contribution in [0.15, 0.2) is 82.2 Å². The number of amides is 2. The maximum absolute atomic E-state index is 13.9. The Labute approximate surface area is 249 Å². The molecule has 220 valence electrons. The number of hydrogen-bond donors (Lipinski definition) is 1. The molecule has 11 heteroatoms. The first kappa shape index (κ1) is 32.1. The van der Waals surface area contributed by atoms with Crippen LogP contribution in [0.25, 0.3) is 0 Å². The Kier molecular flexibility index (Phi) is 11.3. The molecule has 0 aromatic heterocycles. The molecule has 0 aliphatic heterocycles. The Hall–Kier alpha value is -3.44. The summed E-state index contributed by atoms with van der Waals surface area (Å²) in [4.78, 5) is 28.3. The van der Waals surface area contributed by atoms with E-state index in [4.69, 9.17) is 4.74 Å². The predicted octanol–water partition coefficient (Wildman–Crippen LogP) is 5.51. The van der Waals surface area contributed by atoms with Gasteiger partial charge in [-0.2, -0.15) is 0 Å². The van der Waals surface area contributed by atoms with E-state index in [1.165, 1.54) is 41.3 Å². The number of benzene rings is 3. The molecule has 8 nitrogen and oxygen atoms in total. The molecule has 3 rings (SSSR count). The summed E-state index contributed by atoms with van der Waals surface area (Å²) in [7, 11) is -4.27. The molecule has 0 unspecified atom stereocenters. The Bertz CT molecular complexity index is 1420. The maximum atomic E-state index is 13.9. The van der Waals surface area contributed by atoms with Crippen molar-refractivity contribution in [1.29, 1.82) is 0 Å². The fraction of sp³-hybridized carbons (Fsp3) is 0.333. The second-order valence-corrected chi connectivity index (χ2v) is 12.3. The first-order valence-electron chi connectivity index (χ1n) is 13.3. The van der Waals surface area contributed by atoms with E-state index in [2.05, 4.69) is 21.2 Å². The average molecular weight is 649 g/mol. The third kappa shape index (κ3) is 8.53. The quantitative estimate of drug-likeness (QED) is 0.264. The van der Waals surface area contributed by atoms with E-state index in [9.17, 15) is 22.4 Å². The summed E-state index contributed by atoms with van der Waals surface area (Å²) < 4.78 is 48.7. The van der Waals surface area contributed by atoms with Gasteiger partial charge in [0.05, 0.1) is 17.2 Å². The Morgan fingerprint density at radius 3 is 2.12 bits per heavy atom. The number of carbonyl (C=O) groups excluding carboxylic acids is 2. The highest BCUT2D eigenvalue weighted by atomic mass is 79.9. The van der Waals surface area contributed by atoms with Gasteiger partial charge < -0.3 is 15.0 Å². The van der Waals surface area contributed by atoms with Gasteiger partial charge in [0.15, 0.2) is 0 Å². The van der Waals surface area contributed by atoms with Crippen LogP contribution >= 0.6 is 15.9 Å². The number of halogens is 2. The van der Waals surface area contributed by atoms with Crippen LogP contribution in [0.5, 0.6) is 5.75 Å². The minimum absolute atomic E-state index is 0.0694. The lowest BCUT2D eigenvalue weighted by atomic mass is 10.1. The minimum Gasteiger partial charge on any atom is -0.494 e. The molecule has 0 aliphatic carbocycles. The van der Waals surface area contributed by atoms with Crippen LogP contribution in [-0.4, -0.2) is 50.4 Å². The van der Waals surface area contributed by atoms with Crippen molar-refractivity contribution in [2.75, 3.05) is 17.5 Å². The molecule has 3 aromatic carbocycles. The van der Waals surface area contributed by atoms with Crippen molar-refractivity contribution in [2.45, 2.75) is 57.6 Å². The summed E-state index contributed by atoms with van der Waals surface area (Å²) in [5.41, 5.74) is 0.862. The first-order valence-corrected chi connectivity index (χ1v) is 15.5. The van der Waals surface area contributed by atoms with Crippen molar-refractivity contribution in [3.63, 3.8) is 0 Å². The molecular formula is C30H35BrFN3O5S. The molecule has 0 fully saturated rings. The van der Waals surface area contributed by atoms with Gasteiger partial charge in [-0.3, -0.25) is 13.9 Å². The van der Waals surface area contributed by atoms with Gasteiger partial charge in [0, 0.05) is 17.1 Å². The third-order valence-electron chi connectivity index (χ3n) is 6.55. The standard InChI is InChI=1S/C30H35BrFN3O5S/c1-5-21(3)33-30(37)22(4)34(19-23-7-9-24(31)10-8-23)29(36)20-35(26-13-11-25(32)12-14-26)41(38,39)28-17-15-27(16-18-28)40-6-2/h7-18,21-22H,5-6,19-20H2,1-4H3,(H,33,37)/t21-,22-/m1/s1. The number of hydrogen-bond acceptors (Lipinski definition) is 5. The second kappa shape index (κ2) is 14.5. The number of nitrogens with one attached hydrogen (secondary N) is 1. The van der Waals surface area contributed by atoms with E-state index in [0.29, 0.717) is 18.8 Å². The van der Waals surface area contributed by atoms with Gasteiger partial charge in [-0.25, -0.2) is 12.8 Å². The molecule has 0 saturated heterocycles. The third-order valence-corrected chi connectivity index (χ3v) is 8.87. The lowest BCUT2D eigenvalue weighted by molar-refractivity contribution is -0.139. The molecule has 2 amide bonds. The van der Waals surface area contributed by atoms with Crippen LogP contribution in [0.3, 0.4) is 0 Å². The van der Waals surface area contributed by atoms with Gasteiger partial charge in [0.1, 0.15) is 24.2 Å². The van der Waals surface area contributed by atoms with E-state index in [-0.39, 0.29) is 29.1 Å². The van der Waals surface area contributed by atoms with Crippen molar-refractivity contribution in [1.82, 2.24) is 10.2 Å². The van der Waals surface area contributed by atoms with Gasteiger partial charge in [0.25, 0.3) is 10.0 Å². The molecule has 0 saturated carbocycles. The lowest BCUT2D eigenvalue weighted by Gasteiger charge is -2.32. The summed E-state index contributed by atoms with van der Waals surface area (Å²) in [5.74, 6) is -1.01. The van der Waals surface area contributed by atoms with Gasteiger partial charge in [-0.05, 0) is 93.4 Å². The van der Waals surface area contributed by atoms with Crippen LogP contribution in [0.1, 0.15) is 39.7 Å². The van der Waals surface area contributed by atoms with E-state index in [0.717, 1.165) is 26.5 Å². The molecular weight excluding hydrogens is 613 g/mol. The van der Waals surface area contributed by atoms with E-state index in [1.54, 1.807) is 6.92 Å². The average Bonchev–Trinajstić information content (AvgIpc) is 2.96. The fourth-order valence-corrected chi connectivity index (χ4v) is 5.65. The molecule has 0 aliphatic rings. The molecule has 1 N–H and O–H groups in total. The fourth-order valence-electron chi connectivity index (χ4n) is 3.97. The molecule has 3 aromatic rings. The smallest absolute Gasteiger partial charge is 0.264 e.